The molecule has 0 aromatic carbocycles. The molecule has 0 fully saturated rings. The van der Waals surface area contributed by atoms with E-state index in [0.717, 1.165) is 15.0 Å². The second-order valence-corrected chi connectivity index (χ2v) is 5.85. The molecule has 0 unspecified atom stereocenters. The fourth-order valence-corrected chi connectivity index (χ4v) is 3.36. The number of nitrogens with one attached hydrogen (secondary N) is 1. The smallest absolute Gasteiger partial charge is 0.263 e. The molecule has 0 spiro atoms. The molecule has 0 aliphatic carbocycles. The maximum atomic E-state index is 11.8. The van der Waals surface area contributed by atoms with Gasteiger partial charge in [0.05, 0.1) is 17.7 Å². The van der Waals surface area contributed by atoms with Crippen LogP contribution in [0, 0.1) is 6.92 Å². The number of rotatable bonds is 3. The van der Waals surface area contributed by atoms with E-state index in [0.29, 0.717) is 11.4 Å². The molecule has 1 N–H and O–H groups in total. The molecular weight excluding hydrogens is 308 g/mol. The third-order valence-electron chi connectivity index (χ3n) is 2.05. The molecule has 0 atom stereocenters. The molecule has 2 aromatic heterocycles. The number of halogens is 1. The van der Waals surface area contributed by atoms with Crippen molar-refractivity contribution in [1.29, 1.82) is 0 Å². The largest absolute Gasteiger partial charge is 0.346 e. The summed E-state index contributed by atoms with van der Waals surface area (Å²) in [6.07, 6.45) is 0. The Bertz CT molecular complexity index is 506. The van der Waals surface area contributed by atoms with Crippen LogP contribution in [0.4, 0.5) is 0 Å². The Morgan fingerprint density at radius 2 is 2.38 bits per heavy atom. The van der Waals surface area contributed by atoms with Crippen LogP contribution in [0.25, 0.3) is 0 Å². The van der Waals surface area contributed by atoms with E-state index >= 15 is 0 Å². The predicted octanol–water partition coefficient (Wildman–Crippen LogP) is 3.21. The Labute approximate surface area is 110 Å². The average molecular weight is 317 g/mol. The number of carbonyl (C=O) groups is 1. The maximum Gasteiger partial charge on any atom is 0.263 e. The molecule has 2 aromatic rings. The van der Waals surface area contributed by atoms with Gasteiger partial charge in [0, 0.05) is 9.35 Å². The van der Waals surface area contributed by atoms with Crippen LogP contribution in [0.1, 0.15) is 20.2 Å². The molecule has 1 amide bonds. The molecular formula is C10H9BrN2OS2. The SMILES string of the molecule is Cc1ncsc1C(=O)NCc1sccc1Br. The number of thiazole rings is 1. The van der Waals surface area contributed by atoms with Crippen LogP contribution in [-0.2, 0) is 6.54 Å². The second-order valence-electron chi connectivity index (χ2n) is 3.14. The molecule has 0 radical (unpaired) electrons. The monoisotopic (exact) mass is 316 g/mol. The molecule has 6 heteroatoms. The lowest BCUT2D eigenvalue weighted by Crippen LogP contribution is -2.22. The van der Waals surface area contributed by atoms with Gasteiger partial charge in [0.2, 0.25) is 0 Å². The quantitative estimate of drug-likeness (QED) is 0.944. The van der Waals surface area contributed by atoms with E-state index in [1.807, 2.05) is 18.4 Å². The zero-order chi connectivity index (χ0) is 11.5. The summed E-state index contributed by atoms with van der Waals surface area (Å²) in [6, 6.07) is 1.98. The van der Waals surface area contributed by atoms with E-state index in [9.17, 15) is 4.79 Å². The summed E-state index contributed by atoms with van der Waals surface area (Å²) in [5, 5.41) is 4.87. The van der Waals surface area contributed by atoms with Gasteiger partial charge in [-0.2, -0.15) is 0 Å². The van der Waals surface area contributed by atoms with Gasteiger partial charge in [-0.15, -0.1) is 22.7 Å². The topological polar surface area (TPSA) is 42.0 Å². The predicted molar refractivity (Wildman–Crippen MR) is 70.0 cm³/mol. The highest BCUT2D eigenvalue weighted by Gasteiger charge is 2.11. The molecule has 0 aliphatic heterocycles. The minimum atomic E-state index is -0.0553. The van der Waals surface area contributed by atoms with E-state index in [2.05, 4.69) is 26.2 Å². The van der Waals surface area contributed by atoms with Crippen LogP contribution in [0.15, 0.2) is 21.4 Å². The highest BCUT2D eigenvalue weighted by molar-refractivity contribution is 9.10. The third kappa shape index (κ3) is 2.50. The molecule has 2 rings (SSSR count). The Morgan fingerprint density at radius 1 is 1.56 bits per heavy atom. The molecule has 16 heavy (non-hydrogen) atoms. The van der Waals surface area contributed by atoms with Crippen molar-refractivity contribution in [3.05, 3.63) is 36.9 Å². The highest BCUT2D eigenvalue weighted by atomic mass is 79.9. The lowest BCUT2D eigenvalue weighted by molar-refractivity contribution is 0.0954. The van der Waals surface area contributed by atoms with E-state index in [-0.39, 0.29) is 5.91 Å². The fraction of sp³-hybridized carbons (Fsp3) is 0.200. The van der Waals surface area contributed by atoms with Crippen molar-refractivity contribution >= 4 is 44.5 Å². The van der Waals surface area contributed by atoms with Crippen LogP contribution >= 0.6 is 38.6 Å². The van der Waals surface area contributed by atoms with Crippen LogP contribution in [0.2, 0.25) is 0 Å². The normalized spacial score (nSPS) is 10.4. The molecule has 0 saturated carbocycles. The molecule has 0 aliphatic rings. The van der Waals surface area contributed by atoms with E-state index in [1.165, 1.54) is 11.3 Å². The van der Waals surface area contributed by atoms with Crippen molar-refractivity contribution in [3.63, 3.8) is 0 Å². The lowest BCUT2D eigenvalue weighted by Gasteiger charge is -2.02. The summed E-state index contributed by atoms with van der Waals surface area (Å²) in [7, 11) is 0. The average Bonchev–Trinajstić information content (AvgIpc) is 2.84. The first-order chi connectivity index (χ1) is 7.68. The Morgan fingerprint density at radius 3 is 2.94 bits per heavy atom. The minimum absolute atomic E-state index is 0.0553. The van der Waals surface area contributed by atoms with Gasteiger partial charge in [-0.3, -0.25) is 4.79 Å². The highest BCUT2D eigenvalue weighted by Crippen LogP contribution is 2.22. The number of amides is 1. The van der Waals surface area contributed by atoms with Crippen LogP contribution < -0.4 is 5.32 Å². The minimum Gasteiger partial charge on any atom is -0.346 e. The van der Waals surface area contributed by atoms with E-state index in [1.54, 1.807) is 16.8 Å². The first-order valence-electron chi connectivity index (χ1n) is 4.58. The molecule has 2 heterocycles. The number of aromatic nitrogens is 1. The maximum absolute atomic E-state index is 11.8. The van der Waals surface area contributed by atoms with Crippen molar-refractivity contribution in [3.8, 4) is 0 Å². The summed E-state index contributed by atoms with van der Waals surface area (Å²) in [5.41, 5.74) is 2.47. The van der Waals surface area contributed by atoms with Crippen molar-refractivity contribution in [2.24, 2.45) is 0 Å². The van der Waals surface area contributed by atoms with Crippen molar-refractivity contribution in [1.82, 2.24) is 10.3 Å². The molecule has 0 saturated heterocycles. The van der Waals surface area contributed by atoms with E-state index in [4.69, 9.17) is 0 Å². The first-order valence-corrected chi connectivity index (χ1v) is 7.14. The number of hydrogen-bond acceptors (Lipinski definition) is 4. The molecule has 0 bridgehead atoms. The van der Waals surface area contributed by atoms with Crippen molar-refractivity contribution < 1.29 is 4.79 Å². The van der Waals surface area contributed by atoms with Gasteiger partial charge in [0.25, 0.3) is 5.91 Å². The zero-order valence-corrected chi connectivity index (χ0v) is 11.7. The van der Waals surface area contributed by atoms with Crippen LogP contribution in [-0.4, -0.2) is 10.9 Å². The Hall–Kier alpha value is -0.720. The van der Waals surface area contributed by atoms with Crippen LogP contribution in [0.3, 0.4) is 0 Å². The number of carbonyl (C=O) groups excluding carboxylic acids is 1. The zero-order valence-electron chi connectivity index (χ0n) is 8.49. The lowest BCUT2D eigenvalue weighted by atomic mass is 10.3. The standard InChI is InChI=1S/C10H9BrN2OS2/c1-6-9(16-5-13-6)10(14)12-4-8-7(11)2-3-15-8/h2-3,5H,4H2,1H3,(H,12,14). The first kappa shape index (κ1) is 11.8. The Balaban J connectivity index is 1.99. The number of aryl methyl sites for hydroxylation is 1. The third-order valence-corrected chi connectivity index (χ3v) is 4.91. The van der Waals surface area contributed by atoms with Gasteiger partial charge >= 0.3 is 0 Å². The van der Waals surface area contributed by atoms with Crippen LogP contribution in [0.5, 0.6) is 0 Å². The number of hydrogen-bond donors (Lipinski definition) is 1. The summed E-state index contributed by atoms with van der Waals surface area (Å²) < 4.78 is 1.04. The summed E-state index contributed by atoms with van der Waals surface area (Å²) in [4.78, 5) is 17.6. The molecule has 84 valence electrons. The summed E-state index contributed by atoms with van der Waals surface area (Å²) in [5.74, 6) is -0.0553. The number of nitrogens with zero attached hydrogens (tertiary/aromatic N) is 1. The Kier molecular flexibility index (Phi) is 3.73. The van der Waals surface area contributed by atoms with Gasteiger partial charge in [-0.05, 0) is 34.3 Å². The van der Waals surface area contributed by atoms with Gasteiger partial charge in [0.15, 0.2) is 0 Å². The fourth-order valence-electron chi connectivity index (χ4n) is 1.21. The summed E-state index contributed by atoms with van der Waals surface area (Å²) >= 11 is 6.42. The van der Waals surface area contributed by atoms with Crippen molar-refractivity contribution in [2.75, 3.05) is 0 Å². The van der Waals surface area contributed by atoms with Crippen molar-refractivity contribution in [2.45, 2.75) is 13.5 Å². The second kappa shape index (κ2) is 5.07. The van der Waals surface area contributed by atoms with Gasteiger partial charge in [-0.25, -0.2) is 4.98 Å². The van der Waals surface area contributed by atoms with E-state index < -0.39 is 0 Å². The molecule has 3 nitrogen and oxygen atoms in total. The van der Waals surface area contributed by atoms with Gasteiger partial charge in [0.1, 0.15) is 4.88 Å². The van der Waals surface area contributed by atoms with Gasteiger partial charge < -0.3 is 5.32 Å². The number of thiophene rings is 1. The summed E-state index contributed by atoms with van der Waals surface area (Å²) in [6.45, 7) is 2.39. The van der Waals surface area contributed by atoms with Gasteiger partial charge in [-0.1, -0.05) is 0 Å².